The van der Waals surface area contributed by atoms with Gasteiger partial charge in [0.2, 0.25) is 17.7 Å². The van der Waals surface area contributed by atoms with Crippen molar-refractivity contribution in [1.82, 2.24) is 21.3 Å². The molecule has 9 heteroatoms. The SMILES string of the molecule is CCC(C)C(NC(=O)C(Cc1ccccc1)NC(=O)C1CCCN1)C(=O)NC(CC(C)C)C(=O)O. The van der Waals surface area contributed by atoms with E-state index >= 15 is 0 Å². The van der Waals surface area contributed by atoms with E-state index in [1.165, 1.54) is 0 Å². The number of aliphatic carboxylic acids is 1. The summed E-state index contributed by atoms with van der Waals surface area (Å²) in [6.07, 6.45) is 2.75. The predicted molar refractivity (Wildman–Crippen MR) is 134 cm³/mol. The molecule has 0 aliphatic carbocycles. The normalized spacial score (nSPS) is 18.8. The lowest BCUT2D eigenvalue weighted by Gasteiger charge is -2.28. The molecule has 1 heterocycles. The summed E-state index contributed by atoms with van der Waals surface area (Å²) in [5.41, 5.74) is 0.875. The predicted octanol–water partition coefficient (Wildman–Crippen LogP) is 1.61. The molecule has 0 aromatic heterocycles. The summed E-state index contributed by atoms with van der Waals surface area (Å²) in [5.74, 6) is -2.54. The maximum atomic E-state index is 13.4. The van der Waals surface area contributed by atoms with Crippen LogP contribution >= 0.6 is 0 Å². The van der Waals surface area contributed by atoms with Crippen LogP contribution in [0, 0.1) is 11.8 Å². The lowest BCUT2D eigenvalue weighted by molar-refractivity contribution is -0.143. The Morgan fingerprint density at radius 3 is 2.23 bits per heavy atom. The maximum Gasteiger partial charge on any atom is 0.326 e. The molecular weight excluding hydrogens is 448 g/mol. The van der Waals surface area contributed by atoms with Gasteiger partial charge in [0.05, 0.1) is 6.04 Å². The summed E-state index contributed by atoms with van der Waals surface area (Å²) in [6, 6.07) is 6.16. The number of hydrogen-bond donors (Lipinski definition) is 5. The standard InChI is InChI=1S/C26H40N4O5/c1-5-17(4)22(25(33)29-21(26(34)35)14-16(2)3)30-24(32)20(15-18-10-7-6-8-11-18)28-23(31)19-12-9-13-27-19/h6-8,10-11,16-17,19-22,27H,5,9,12-15H2,1-4H3,(H,28,31)(H,29,33)(H,30,32)(H,34,35). The van der Waals surface area contributed by atoms with Crippen LogP contribution in [0.4, 0.5) is 0 Å². The Hall–Kier alpha value is -2.94. The molecule has 0 bridgehead atoms. The van der Waals surface area contributed by atoms with E-state index in [0.717, 1.165) is 18.5 Å². The van der Waals surface area contributed by atoms with Crippen LogP contribution in [-0.2, 0) is 25.6 Å². The Morgan fingerprint density at radius 1 is 1.00 bits per heavy atom. The van der Waals surface area contributed by atoms with E-state index in [-0.39, 0.29) is 36.6 Å². The van der Waals surface area contributed by atoms with Crippen molar-refractivity contribution in [1.29, 1.82) is 0 Å². The van der Waals surface area contributed by atoms with Gasteiger partial charge in [0, 0.05) is 6.42 Å². The van der Waals surface area contributed by atoms with Crippen molar-refractivity contribution < 1.29 is 24.3 Å². The van der Waals surface area contributed by atoms with Crippen LogP contribution in [0.2, 0.25) is 0 Å². The topological polar surface area (TPSA) is 137 Å². The van der Waals surface area contributed by atoms with Gasteiger partial charge in [0.25, 0.3) is 0 Å². The van der Waals surface area contributed by atoms with E-state index in [2.05, 4.69) is 21.3 Å². The van der Waals surface area contributed by atoms with E-state index in [1.807, 2.05) is 58.0 Å². The molecule has 0 radical (unpaired) electrons. The molecule has 5 N–H and O–H groups in total. The fraction of sp³-hybridized carbons (Fsp3) is 0.615. The van der Waals surface area contributed by atoms with Crippen molar-refractivity contribution in [2.45, 2.75) is 84.0 Å². The summed E-state index contributed by atoms with van der Waals surface area (Å²) in [4.78, 5) is 50.9. The summed E-state index contributed by atoms with van der Waals surface area (Å²) in [7, 11) is 0. The van der Waals surface area contributed by atoms with Gasteiger partial charge in [-0.1, -0.05) is 64.4 Å². The molecule has 35 heavy (non-hydrogen) atoms. The highest BCUT2D eigenvalue weighted by Gasteiger charge is 2.33. The van der Waals surface area contributed by atoms with E-state index < -0.39 is 35.9 Å². The second-order valence-corrected chi connectivity index (χ2v) is 9.80. The third-order valence-corrected chi connectivity index (χ3v) is 6.41. The van der Waals surface area contributed by atoms with Crippen LogP contribution < -0.4 is 21.3 Å². The summed E-state index contributed by atoms with van der Waals surface area (Å²) < 4.78 is 0. The van der Waals surface area contributed by atoms with Gasteiger partial charge in [-0.25, -0.2) is 4.79 Å². The first-order valence-electron chi connectivity index (χ1n) is 12.5. The van der Waals surface area contributed by atoms with Crippen LogP contribution in [0.3, 0.4) is 0 Å². The van der Waals surface area contributed by atoms with Crippen molar-refractivity contribution >= 4 is 23.7 Å². The van der Waals surface area contributed by atoms with Crippen molar-refractivity contribution in [2.75, 3.05) is 6.54 Å². The average Bonchev–Trinajstić information content (AvgIpc) is 3.36. The quantitative estimate of drug-likeness (QED) is 0.286. The highest BCUT2D eigenvalue weighted by atomic mass is 16.4. The monoisotopic (exact) mass is 488 g/mol. The Balaban J connectivity index is 2.19. The minimum atomic E-state index is -1.11. The van der Waals surface area contributed by atoms with Gasteiger partial charge < -0.3 is 26.4 Å². The molecule has 1 fully saturated rings. The summed E-state index contributed by atoms with van der Waals surface area (Å²) in [5, 5.41) is 20.9. The molecule has 1 aromatic carbocycles. The van der Waals surface area contributed by atoms with Crippen molar-refractivity contribution in [2.24, 2.45) is 11.8 Å². The molecule has 2 rings (SSSR count). The van der Waals surface area contributed by atoms with Crippen LogP contribution in [0.5, 0.6) is 0 Å². The maximum absolute atomic E-state index is 13.4. The fourth-order valence-corrected chi connectivity index (χ4v) is 4.15. The second kappa shape index (κ2) is 13.8. The van der Waals surface area contributed by atoms with E-state index in [1.54, 1.807) is 0 Å². The minimum absolute atomic E-state index is 0.0719. The van der Waals surface area contributed by atoms with Crippen molar-refractivity contribution in [3.05, 3.63) is 35.9 Å². The zero-order valence-corrected chi connectivity index (χ0v) is 21.2. The minimum Gasteiger partial charge on any atom is -0.480 e. The van der Waals surface area contributed by atoms with Crippen molar-refractivity contribution in [3.63, 3.8) is 0 Å². The van der Waals surface area contributed by atoms with Gasteiger partial charge in [-0.3, -0.25) is 14.4 Å². The van der Waals surface area contributed by atoms with Gasteiger partial charge in [-0.15, -0.1) is 0 Å². The first-order chi connectivity index (χ1) is 16.6. The molecule has 1 aliphatic rings. The Kier molecular flexibility index (Phi) is 11.2. The molecule has 1 aliphatic heterocycles. The molecular formula is C26H40N4O5. The molecule has 5 atom stereocenters. The van der Waals surface area contributed by atoms with E-state index in [9.17, 15) is 24.3 Å². The number of carbonyl (C=O) groups excluding carboxylic acids is 3. The smallest absolute Gasteiger partial charge is 0.326 e. The Morgan fingerprint density at radius 2 is 1.69 bits per heavy atom. The lowest BCUT2D eigenvalue weighted by atomic mass is 9.96. The number of hydrogen-bond acceptors (Lipinski definition) is 5. The lowest BCUT2D eigenvalue weighted by Crippen LogP contribution is -2.59. The third-order valence-electron chi connectivity index (χ3n) is 6.41. The number of amides is 3. The highest BCUT2D eigenvalue weighted by molar-refractivity contribution is 5.94. The van der Waals surface area contributed by atoms with Crippen LogP contribution in [0.25, 0.3) is 0 Å². The zero-order valence-electron chi connectivity index (χ0n) is 21.2. The van der Waals surface area contributed by atoms with Gasteiger partial charge in [-0.2, -0.15) is 0 Å². The fourth-order valence-electron chi connectivity index (χ4n) is 4.15. The summed E-state index contributed by atoms with van der Waals surface area (Å²) >= 11 is 0. The molecule has 194 valence electrons. The van der Waals surface area contributed by atoms with Gasteiger partial charge in [-0.05, 0) is 43.2 Å². The van der Waals surface area contributed by atoms with E-state index in [0.29, 0.717) is 12.8 Å². The second-order valence-electron chi connectivity index (χ2n) is 9.80. The Labute approximate surface area is 207 Å². The van der Waals surface area contributed by atoms with Gasteiger partial charge >= 0.3 is 5.97 Å². The number of carbonyl (C=O) groups is 4. The number of nitrogens with one attached hydrogen (secondary N) is 4. The van der Waals surface area contributed by atoms with Crippen LogP contribution in [-0.4, -0.2) is 59.5 Å². The van der Waals surface area contributed by atoms with Gasteiger partial charge in [0.1, 0.15) is 18.1 Å². The average molecular weight is 489 g/mol. The number of rotatable bonds is 13. The zero-order chi connectivity index (χ0) is 26.0. The van der Waals surface area contributed by atoms with Crippen LogP contribution in [0.15, 0.2) is 30.3 Å². The largest absolute Gasteiger partial charge is 0.480 e. The van der Waals surface area contributed by atoms with Crippen LogP contribution in [0.1, 0.15) is 58.9 Å². The van der Waals surface area contributed by atoms with Crippen molar-refractivity contribution in [3.8, 4) is 0 Å². The highest BCUT2D eigenvalue weighted by Crippen LogP contribution is 2.13. The van der Waals surface area contributed by atoms with E-state index in [4.69, 9.17) is 0 Å². The molecule has 0 saturated carbocycles. The third kappa shape index (κ3) is 8.98. The number of carboxylic acid groups (broad SMARTS) is 1. The number of carboxylic acids is 1. The molecule has 5 unspecified atom stereocenters. The molecule has 1 aromatic rings. The first kappa shape index (κ1) is 28.3. The molecule has 3 amide bonds. The van der Waals surface area contributed by atoms with Gasteiger partial charge in [0.15, 0.2) is 0 Å². The Bertz CT molecular complexity index is 855. The molecule has 1 saturated heterocycles. The summed E-state index contributed by atoms with van der Waals surface area (Å²) in [6.45, 7) is 8.24. The number of benzene rings is 1. The molecule has 9 nitrogen and oxygen atoms in total. The first-order valence-corrected chi connectivity index (χ1v) is 12.5. The molecule has 0 spiro atoms.